The molecule has 2 amide bonds. The van der Waals surface area contributed by atoms with Gasteiger partial charge in [-0.15, -0.1) is 24.8 Å². The van der Waals surface area contributed by atoms with Crippen LogP contribution in [-0.4, -0.2) is 78.4 Å². The summed E-state index contributed by atoms with van der Waals surface area (Å²) in [6.45, 7) is 10.2. The molecule has 0 radical (unpaired) electrons. The first-order valence-corrected chi connectivity index (χ1v) is 13.5. The van der Waals surface area contributed by atoms with Crippen molar-refractivity contribution in [1.29, 1.82) is 0 Å². The molecule has 1 aliphatic heterocycles. The summed E-state index contributed by atoms with van der Waals surface area (Å²) in [6.07, 6.45) is 0. The number of halogens is 2. The van der Waals surface area contributed by atoms with Crippen LogP contribution in [0.25, 0.3) is 11.4 Å². The number of benzene rings is 2. The van der Waals surface area contributed by atoms with E-state index in [9.17, 15) is 9.59 Å². The molecule has 13 heteroatoms. The number of nitrogens with one attached hydrogen (secondary N) is 2. The van der Waals surface area contributed by atoms with E-state index in [0.717, 1.165) is 33.7 Å². The highest BCUT2D eigenvalue weighted by molar-refractivity contribution is 5.87. The van der Waals surface area contributed by atoms with Crippen LogP contribution in [-0.2, 0) is 22.7 Å². The third kappa shape index (κ3) is 8.81. The van der Waals surface area contributed by atoms with E-state index in [2.05, 4.69) is 34.6 Å². The van der Waals surface area contributed by atoms with Gasteiger partial charge in [-0.2, -0.15) is 4.98 Å². The maximum atomic E-state index is 13.6. The van der Waals surface area contributed by atoms with Gasteiger partial charge in [0.25, 0.3) is 5.91 Å². The van der Waals surface area contributed by atoms with Gasteiger partial charge >= 0.3 is 0 Å². The van der Waals surface area contributed by atoms with Gasteiger partial charge in [-0.05, 0) is 41.8 Å². The standard InChI is InChI=1S/C29H39N7O4.2ClH/c1-19(2)30-11-12-31-27(37)17-35(26-14-22(8-7-20(26)3)29-32-21(4)40-33-29)18-28(38)34(5)36-15-23-9-10-25(39-6)13-24(23)16-36;;/h7-10,13-14,19,30H,11-12,15-18H2,1-6H3,(H,31,37);2*1H. The van der Waals surface area contributed by atoms with Crippen LogP contribution in [0.5, 0.6) is 5.75 Å². The van der Waals surface area contributed by atoms with Crippen LogP contribution in [0.4, 0.5) is 5.69 Å². The lowest BCUT2D eigenvalue weighted by Crippen LogP contribution is -2.48. The van der Waals surface area contributed by atoms with Crippen molar-refractivity contribution in [3.05, 3.63) is 59.0 Å². The van der Waals surface area contributed by atoms with E-state index in [1.165, 1.54) is 0 Å². The third-order valence-electron chi connectivity index (χ3n) is 6.90. The van der Waals surface area contributed by atoms with E-state index in [0.29, 0.717) is 43.9 Å². The second-order valence-electron chi connectivity index (χ2n) is 10.3. The fourth-order valence-corrected chi connectivity index (χ4v) is 4.64. The number of methoxy groups -OCH3 is 1. The van der Waals surface area contributed by atoms with Crippen LogP contribution >= 0.6 is 24.8 Å². The fourth-order valence-electron chi connectivity index (χ4n) is 4.64. The molecule has 230 valence electrons. The Morgan fingerprint density at radius 2 is 1.79 bits per heavy atom. The van der Waals surface area contributed by atoms with Gasteiger partial charge in [-0.3, -0.25) is 14.6 Å². The predicted octanol–water partition coefficient (Wildman–Crippen LogP) is 3.52. The van der Waals surface area contributed by atoms with Gasteiger partial charge in [0, 0.05) is 57.4 Å². The number of rotatable bonds is 12. The van der Waals surface area contributed by atoms with Gasteiger partial charge in [0.05, 0.1) is 20.2 Å². The summed E-state index contributed by atoms with van der Waals surface area (Å²) in [7, 11) is 3.42. The summed E-state index contributed by atoms with van der Waals surface area (Å²) >= 11 is 0. The summed E-state index contributed by atoms with van der Waals surface area (Å²) < 4.78 is 10.5. The fraction of sp³-hybridized carbons (Fsp3) is 0.448. The summed E-state index contributed by atoms with van der Waals surface area (Å²) in [5.41, 5.74) is 4.71. The van der Waals surface area contributed by atoms with E-state index in [4.69, 9.17) is 9.26 Å². The van der Waals surface area contributed by atoms with Crippen molar-refractivity contribution in [3.63, 3.8) is 0 Å². The van der Waals surface area contributed by atoms with Crippen molar-refractivity contribution < 1.29 is 18.8 Å². The molecule has 3 aromatic rings. The number of ether oxygens (including phenoxy) is 1. The lowest BCUT2D eigenvalue weighted by molar-refractivity contribution is -0.145. The Labute approximate surface area is 259 Å². The molecule has 0 aliphatic carbocycles. The van der Waals surface area contributed by atoms with E-state index in [1.807, 2.05) is 53.2 Å². The van der Waals surface area contributed by atoms with E-state index >= 15 is 0 Å². The lowest BCUT2D eigenvalue weighted by Gasteiger charge is -2.32. The molecule has 42 heavy (non-hydrogen) atoms. The largest absolute Gasteiger partial charge is 0.497 e. The van der Waals surface area contributed by atoms with Crippen LogP contribution in [0, 0.1) is 13.8 Å². The Balaban J connectivity index is 0.00000308. The molecule has 1 aromatic heterocycles. The number of anilines is 1. The second kappa shape index (κ2) is 15.7. The molecule has 11 nitrogen and oxygen atoms in total. The van der Waals surface area contributed by atoms with E-state index in [-0.39, 0.29) is 49.7 Å². The Kier molecular flexibility index (Phi) is 13.0. The number of hydrazine groups is 1. The number of carbonyl (C=O) groups is 2. The number of hydrogen-bond acceptors (Lipinski definition) is 9. The summed E-state index contributed by atoms with van der Waals surface area (Å²) in [6, 6.07) is 12.0. The SMILES string of the molecule is COc1ccc2c(c1)CN(N(C)C(=O)CN(CC(=O)NCCNC(C)C)c1cc(-c3noc(C)n3)ccc1C)C2.Cl.Cl. The van der Waals surface area contributed by atoms with Gasteiger partial charge in [0.15, 0.2) is 0 Å². The molecule has 0 saturated heterocycles. The van der Waals surface area contributed by atoms with Crippen LogP contribution in [0.15, 0.2) is 40.9 Å². The minimum Gasteiger partial charge on any atom is -0.497 e. The van der Waals surface area contributed by atoms with Gasteiger partial charge in [0.1, 0.15) is 5.75 Å². The molecule has 2 aromatic carbocycles. The van der Waals surface area contributed by atoms with Crippen LogP contribution in [0.2, 0.25) is 0 Å². The first-order chi connectivity index (χ1) is 19.1. The number of likely N-dealkylation sites (N-methyl/N-ethyl adjacent to an activating group) is 1. The molecule has 0 bridgehead atoms. The summed E-state index contributed by atoms with van der Waals surface area (Å²) in [5, 5.41) is 13.9. The molecular weight excluding hydrogens is 581 g/mol. The Morgan fingerprint density at radius 3 is 2.45 bits per heavy atom. The third-order valence-corrected chi connectivity index (χ3v) is 6.90. The van der Waals surface area contributed by atoms with Crippen LogP contribution in [0.3, 0.4) is 0 Å². The van der Waals surface area contributed by atoms with Gasteiger partial charge in [-0.1, -0.05) is 37.2 Å². The van der Waals surface area contributed by atoms with Crippen molar-refractivity contribution in [2.45, 2.75) is 46.8 Å². The van der Waals surface area contributed by atoms with Crippen molar-refractivity contribution in [2.24, 2.45) is 0 Å². The second-order valence-corrected chi connectivity index (χ2v) is 10.3. The zero-order chi connectivity index (χ0) is 28.8. The lowest BCUT2D eigenvalue weighted by atomic mass is 10.1. The molecule has 0 atom stereocenters. The number of hydrogen-bond donors (Lipinski definition) is 2. The zero-order valence-electron chi connectivity index (χ0n) is 25.0. The molecule has 0 spiro atoms. The Bertz CT molecular complexity index is 1350. The van der Waals surface area contributed by atoms with Crippen molar-refractivity contribution in [3.8, 4) is 17.1 Å². The molecule has 1 aliphatic rings. The molecule has 0 fully saturated rings. The monoisotopic (exact) mass is 621 g/mol. The van der Waals surface area contributed by atoms with Crippen molar-refractivity contribution >= 4 is 42.3 Å². The van der Waals surface area contributed by atoms with Gasteiger partial charge < -0.3 is 24.8 Å². The average Bonchev–Trinajstić information content (AvgIpc) is 3.56. The predicted molar refractivity (Wildman–Crippen MR) is 167 cm³/mol. The highest BCUT2D eigenvalue weighted by Crippen LogP contribution is 2.29. The smallest absolute Gasteiger partial charge is 0.256 e. The first-order valence-electron chi connectivity index (χ1n) is 13.5. The Morgan fingerprint density at radius 1 is 1.05 bits per heavy atom. The minimum atomic E-state index is -0.165. The topological polar surface area (TPSA) is 116 Å². The quantitative estimate of drug-likeness (QED) is 0.293. The molecule has 0 saturated carbocycles. The maximum Gasteiger partial charge on any atom is 0.256 e. The number of carbonyl (C=O) groups excluding carboxylic acids is 2. The van der Waals surface area contributed by atoms with E-state index < -0.39 is 0 Å². The van der Waals surface area contributed by atoms with E-state index in [1.54, 1.807) is 26.1 Å². The zero-order valence-corrected chi connectivity index (χ0v) is 26.6. The van der Waals surface area contributed by atoms with Crippen LogP contribution in [0.1, 0.15) is 36.4 Å². The first kappa shape index (κ1) is 34.8. The number of nitrogens with zero attached hydrogens (tertiary/aromatic N) is 5. The number of amides is 2. The summed E-state index contributed by atoms with van der Waals surface area (Å²) in [5.74, 6) is 1.42. The van der Waals surface area contributed by atoms with Gasteiger partial charge in [0.2, 0.25) is 17.6 Å². The van der Waals surface area contributed by atoms with Crippen molar-refractivity contribution in [2.75, 3.05) is 45.2 Å². The number of aromatic nitrogens is 2. The maximum absolute atomic E-state index is 13.6. The highest BCUT2D eigenvalue weighted by atomic mass is 35.5. The van der Waals surface area contributed by atoms with Crippen molar-refractivity contribution in [1.82, 2.24) is 30.8 Å². The van der Waals surface area contributed by atoms with Crippen LogP contribution < -0.4 is 20.3 Å². The molecule has 4 rings (SSSR count). The number of fused-ring (bicyclic) bond motifs is 1. The molecule has 2 N–H and O–H groups in total. The summed E-state index contributed by atoms with van der Waals surface area (Å²) in [4.78, 5) is 32.7. The molecule has 0 unspecified atom stereocenters. The Hall–Kier alpha value is -3.38. The molecular formula is C29H41Cl2N7O4. The average molecular weight is 623 g/mol. The minimum absolute atomic E-state index is 0. The normalized spacial score (nSPS) is 12.3. The number of aryl methyl sites for hydroxylation is 2. The van der Waals surface area contributed by atoms with Gasteiger partial charge in [-0.25, -0.2) is 5.01 Å². The molecule has 2 heterocycles. The highest BCUT2D eigenvalue weighted by Gasteiger charge is 2.27.